The van der Waals surface area contributed by atoms with Gasteiger partial charge in [-0.25, -0.2) is 0 Å². The summed E-state index contributed by atoms with van der Waals surface area (Å²) in [6.45, 7) is 11.5. The topological polar surface area (TPSA) is 22.4 Å². The monoisotopic (exact) mass is 252 g/mol. The van der Waals surface area contributed by atoms with Crippen LogP contribution in [0.1, 0.15) is 51.0 Å². The Morgan fingerprint density at radius 2 is 2.06 bits per heavy atom. The predicted octanol–water partition coefficient (Wildman–Crippen LogP) is 4.68. The lowest BCUT2D eigenvalue weighted by Gasteiger charge is -2.40. The van der Waals surface area contributed by atoms with Gasteiger partial charge in [0.05, 0.1) is 12.4 Å². The average Bonchev–Trinajstić information content (AvgIpc) is 2.64. The summed E-state index contributed by atoms with van der Waals surface area (Å²) in [4.78, 5) is 0. The van der Waals surface area contributed by atoms with Crippen molar-refractivity contribution >= 4 is 8.32 Å². The first-order valence-electron chi connectivity index (χ1n) is 6.55. The molecule has 0 radical (unpaired) electrons. The van der Waals surface area contributed by atoms with Gasteiger partial charge in [-0.1, -0.05) is 20.8 Å². The molecule has 0 aromatic carbocycles. The molecule has 0 saturated heterocycles. The highest BCUT2D eigenvalue weighted by molar-refractivity contribution is 6.74. The molecule has 96 valence electrons. The van der Waals surface area contributed by atoms with E-state index in [1.54, 1.807) is 6.26 Å². The van der Waals surface area contributed by atoms with Crippen molar-refractivity contribution in [1.82, 2.24) is 0 Å². The van der Waals surface area contributed by atoms with Gasteiger partial charge >= 0.3 is 0 Å². The van der Waals surface area contributed by atoms with Gasteiger partial charge in [0.25, 0.3) is 0 Å². The molecule has 1 aromatic heterocycles. The van der Waals surface area contributed by atoms with Gasteiger partial charge in [0.1, 0.15) is 5.76 Å². The van der Waals surface area contributed by atoms with Crippen LogP contribution in [-0.2, 0) is 10.8 Å². The van der Waals surface area contributed by atoms with Crippen molar-refractivity contribution in [2.45, 2.75) is 64.3 Å². The van der Waals surface area contributed by atoms with E-state index in [0.717, 1.165) is 18.6 Å². The summed E-state index contributed by atoms with van der Waals surface area (Å²) in [6.07, 6.45) is 5.45. The molecule has 1 aliphatic carbocycles. The third kappa shape index (κ3) is 2.50. The molecular formula is C14H24O2Si. The largest absolute Gasteiger partial charge is 0.469 e. The zero-order chi connectivity index (χ0) is 12.7. The van der Waals surface area contributed by atoms with E-state index in [0.29, 0.717) is 0 Å². The second kappa shape index (κ2) is 4.29. The van der Waals surface area contributed by atoms with Crippen LogP contribution in [0.25, 0.3) is 0 Å². The Balaban J connectivity index is 2.17. The summed E-state index contributed by atoms with van der Waals surface area (Å²) in [7, 11) is -1.68. The summed E-state index contributed by atoms with van der Waals surface area (Å²) in [5.41, 5.74) is 1.29. The van der Waals surface area contributed by atoms with Crippen LogP contribution in [0.4, 0.5) is 0 Å². The molecule has 0 aliphatic heterocycles. The first-order chi connectivity index (χ1) is 7.81. The lowest BCUT2D eigenvalue weighted by Crippen LogP contribution is -2.42. The van der Waals surface area contributed by atoms with Crippen LogP contribution >= 0.6 is 0 Å². The fourth-order valence-electron chi connectivity index (χ4n) is 2.10. The second-order valence-electron chi connectivity index (χ2n) is 6.56. The molecular weight excluding hydrogens is 228 g/mol. The number of aryl methyl sites for hydroxylation is 1. The van der Waals surface area contributed by atoms with E-state index < -0.39 is 8.32 Å². The van der Waals surface area contributed by atoms with Crippen molar-refractivity contribution in [3.05, 3.63) is 23.7 Å². The first kappa shape index (κ1) is 12.9. The van der Waals surface area contributed by atoms with Crippen molar-refractivity contribution in [1.29, 1.82) is 0 Å². The van der Waals surface area contributed by atoms with Gasteiger partial charge < -0.3 is 8.84 Å². The lowest BCUT2D eigenvalue weighted by atomic mass is 9.96. The highest BCUT2D eigenvalue weighted by Gasteiger charge is 2.40. The van der Waals surface area contributed by atoms with Crippen molar-refractivity contribution in [2.75, 3.05) is 0 Å². The van der Waals surface area contributed by atoms with Crippen LogP contribution in [0.3, 0.4) is 0 Å². The molecule has 0 saturated carbocycles. The van der Waals surface area contributed by atoms with Gasteiger partial charge in [0.15, 0.2) is 8.32 Å². The van der Waals surface area contributed by atoms with Crippen LogP contribution in [0.15, 0.2) is 16.7 Å². The summed E-state index contributed by atoms with van der Waals surface area (Å²) in [5.74, 6) is 1.14. The van der Waals surface area contributed by atoms with E-state index >= 15 is 0 Å². The Morgan fingerprint density at radius 1 is 1.35 bits per heavy atom. The number of hydrogen-bond acceptors (Lipinski definition) is 2. The maximum Gasteiger partial charge on any atom is 0.192 e. The average molecular weight is 252 g/mol. The van der Waals surface area contributed by atoms with E-state index in [-0.39, 0.29) is 11.1 Å². The molecule has 1 aliphatic rings. The normalized spacial score (nSPS) is 21.4. The van der Waals surface area contributed by atoms with Crippen LogP contribution in [0.2, 0.25) is 18.1 Å². The zero-order valence-electron chi connectivity index (χ0n) is 11.7. The number of hydrogen-bond donors (Lipinski definition) is 0. The van der Waals surface area contributed by atoms with E-state index in [4.69, 9.17) is 8.84 Å². The molecule has 0 fully saturated rings. The molecule has 0 spiro atoms. The van der Waals surface area contributed by atoms with E-state index in [1.807, 2.05) is 0 Å². The van der Waals surface area contributed by atoms with Gasteiger partial charge in [0.2, 0.25) is 0 Å². The summed E-state index contributed by atoms with van der Waals surface area (Å²) < 4.78 is 12.0. The zero-order valence-corrected chi connectivity index (χ0v) is 12.7. The van der Waals surface area contributed by atoms with E-state index in [9.17, 15) is 0 Å². The molecule has 17 heavy (non-hydrogen) atoms. The number of rotatable bonds is 2. The van der Waals surface area contributed by atoms with Gasteiger partial charge in [-0.15, -0.1) is 0 Å². The molecule has 3 heteroatoms. The predicted molar refractivity (Wildman–Crippen MR) is 72.7 cm³/mol. The van der Waals surface area contributed by atoms with E-state index in [1.165, 1.54) is 12.0 Å². The third-order valence-corrected chi connectivity index (χ3v) is 8.73. The van der Waals surface area contributed by atoms with Crippen LogP contribution < -0.4 is 0 Å². The fourth-order valence-corrected chi connectivity index (χ4v) is 3.41. The SMILES string of the molecule is CC(C)(C)[Si](C)(C)O[C@H]1CCCc2occc21. The molecule has 0 N–H and O–H groups in total. The Kier molecular flexibility index (Phi) is 3.25. The highest BCUT2D eigenvalue weighted by atomic mass is 28.4. The number of fused-ring (bicyclic) bond motifs is 1. The quantitative estimate of drug-likeness (QED) is 0.713. The molecule has 0 unspecified atom stereocenters. The summed E-state index contributed by atoms with van der Waals surface area (Å²) in [6, 6.07) is 2.09. The maximum absolute atomic E-state index is 6.51. The van der Waals surface area contributed by atoms with Gasteiger partial charge in [-0.3, -0.25) is 0 Å². The maximum atomic E-state index is 6.51. The Morgan fingerprint density at radius 3 is 2.71 bits per heavy atom. The van der Waals surface area contributed by atoms with Gasteiger partial charge in [0, 0.05) is 12.0 Å². The Labute approximate surface area is 105 Å². The smallest absolute Gasteiger partial charge is 0.192 e. The molecule has 2 nitrogen and oxygen atoms in total. The second-order valence-corrected chi connectivity index (χ2v) is 11.3. The Hall–Kier alpha value is -0.543. The molecule has 0 amide bonds. The van der Waals surface area contributed by atoms with Crippen molar-refractivity contribution in [3.63, 3.8) is 0 Å². The fraction of sp³-hybridized carbons (Fsp3) is 0.714. The minimum Gasteiger partial charge on any atom is -0.469 e. The van der Waals surface area contributed by atoms with Gasteiger partial charge in [-0.2, -0.15) is 0 Å². The third-order valence-electron chi connectivity index (χ3n) is 4.24. The van der Waals surface area contributed by atoms with Crippen molar-refractivity contribution in [3.8, 4) is 0 Å². The molecule has 1 aromatic rings. The van der Waals surface area contributed by atoms with Crippen LogP contribution in [0.5, 0.6) is 0 Å². The lowest BCUT2D eigenvalue weighted by molar-refractivity contribution is 0.159. The number of furan rings is 1. The van der Waals surface area contributed by atoms with Gasteiger partial charge in [-0.05, 0) is 37.0 Å². The van der Waals surface area contributed by atoms with Crippen molar-refractivity contribution < 1.29 is 8.84 Å². The molecule has 0 bridgehead atoms. The first-order valence-corrected chi connectivity index (χ1v) is 9.46. The standard InChI is InChI=1S/C14H24O2Si/c1-14(2,3)17(4,5)16-13-8-6-7-12-11(13)9-10-15-12/h9-10,13H,6-8H2,1-5H3/t13-/m0/s1. The van der Waals surface area contributed by atoms with E-state index in [2.05, 4.69) is 39.9 Å². The molecule has 1 atom stereocenters. The summed E-state index contributed by atoms with van der Waals surface area (Å²) >= 11 is 0. The Bertz CT molecular complexity index is 387. The minimum atomic E-state index is -1.68. The molecule has 1 heterocycles. The van der Waals surface area contributed by atoms with Crippen LogP contribution in [-0.4, -0.2) is 8.32 Å². The molecule has 2 rings (SSSR count). The van der Waals surface area contributed by atoms with Crippen molar-refractivity contribution in [2.24, 2.45) is 0 Å². The van der Waals surface area contributed by atoms with Crippen LogP contribution in [0, 0.1) is 0 Å². The minimum absolute atomic E-state index is 0.262. The summed E-state index contributed by atoms with van der Waals surface area (Å²) in [5, 5.41) is 0.272. The highest BCUT2D eigenvalue weighted by Crippen LogP contribution is 2.42.